The molecule has 1 aliphatic carbocycles. The van der Waals surface area contributed by atoms with E-state index in [9.17, 15) is 9.50 Å². The van der Waals surface area contributed by atoms with Crippen molar-refractivity contribution in [1.29, 1.82) is 0 Å². The zero-order valence-corrected chi connectivity index (χ0v) is 13.3. The van der Waals surface area contributed by atoms with E-state index in [0.717, 1.165) is 31.6 Å². The van der Waals surface area contributed by atoms with Crippen molar-refractivity contribution in [3.63, 3.8) is 0 Å². The minimum Gasteiger partial charge on any atom is -0.396 e. The van der Waals surface area contributed by atoms with Crippen molar-refractivity contribution in [2.45, 2.75) is 50.7 Å². The van der Waals surface area contributed by atoms with Crippen molar-refractivity contribution in [3.05, 3.63) is 35.6 Å². The van der Waals surface area contributed by atoms with Gasteiger partial charge in [0.25, 0.3) is 0 Å². The summed E-state index contributed by atoms with van der Waals surface area (Å²) in [5.41, 5.74) is 0.777. The Balaban J connectivity index is 1.63. The molecule has 122 valence electrons. The van der Waals surface area contributed by atoms with Gasteiger partial charge in [0.05, 0.1) is 0 Å². The SMILES string of the molecule is OCC[C@H]1CN(Cc2ccccc2F)CCN1C1CCCC1. The highest BCUT2D eigenvalue weighted by Crippen LogP contribution is 2.28. The molecule has 1 N–H and O–H groups in total. The lowest BCUT2D eigenvalue weighted by atomic mass is 10.0. The van der Waals surface area contributed by atoms with Gasteiger partial charge in [-0.2, -0.15) is 0 Å². The Hall–Kier alpha value is -0.970. The van der Waals surface area contributed by atoms with Gasteiger partial charge in [-0.05, 0) is 25.3 Å². The maximum Gasteiger partial charge on any atom is 0.127 e. The van der Waals surface area contributed by atoms with Gasteiger partial charge in [0.15, 0.2) is 0 Å². The van der Waals surface area contributed by atoms with Crippen LogP contribution in [0.1, 0.15) is 37.7 Å². The first-order valence-electron chi connectivity index (χ1n) is 8.60. The first-order chi connectivity index (χ1) is 10.8. The van der Waals surface area contributed by atoms with E-state index in [2.05, 4.69) is 9.80 Å². The van der Waals surface area contributed by atoms with Crippen LogP contribution in [0.15, 0.2) is 24.3 Å². The molecule has 0 aromatic heterocycles. The largest absolute Gasteiger partial charge is 0.396 e. The quantitative estimate of drug-likeness (QED) is 0.906. The Morgan fingerprint density at radius 3 is 2.64 bits per heavy atom. The van der Waals surface area contributed by atoms with Crippen molar-refractivity contribution in [1.82, 2.24) is 9.80 Å². The first kappa shape index (κ1) is 15.9. The maximum atomic E-state index is 13.8. The molecule has 2 fully saturated rings. The molecule has 3 nitrogen and oxygen atoms in total. The summed E-state index contributed by atoms with van der Waals surface area (Å²) in [6.45, 7) is 3.89. The Morgan fingerprint density at radius 2 is 1.91 bits per heavy atom. The van der Waals surface area contributed by atoms with Crippen LogP contribution in [-0.2, 0) is 6.54 Å². The summed E-state index contributed by atoms with van der Waals surface area (Å²) in [6, 6.07) is 8.17. The average molecular weight is 306 g/mol. The van der Waals surface area contributed by atoms with Crippen LogP contribution in [0, 0.1) is 5.82 Å². The minimum atomic E-state index is -0.112. The Labute approximate surface area is 132 Å². The van der Waals surface area contributed by atoms with Crippen LogP contribution in [-0.4, -0.2) is 53.2 Å². The summed E-state index contributed by atoms with van der Waals surface area (Å²) >= 11 is 0. The molecule has 1 saturated heterocycles. The van der Waals surface area contributed by atoms with Gasteiger partial charge in [-0.15, -0.1) is 0 Å². The van der Waals surface area contributed by atoms with Gasteiger partial charge in [-0.3, -0.25) is 9.80 Å². The number of benzene rings is 1. The lowest BCUT2D eigenvalue weighted by Gasteiger charge is -2.44. The van der Waals surface area contributed by atoms with Gasteiger partial charge in [-0.1, -0.05) is 31.0 Å². The number of hydrogen-bond donors (Lipinski definition) is 1. The van der Waals surface area contributed by atoms with Crippen LogP contribution >= 0.6 is 0 Å². The van der Waals surface area contributed by atoms with Crippen molar-refractivity contribution in [2.75, 3.05) is 26.2 Å². The second-order valence-electron chi connectivity index (χ2n) is 6.67. The van der Waals surface area contributed by atoms with Gasteiger partial charge < -0.3 is 5.11 Å². The molecule has 22 heavy (non-hydrogen) atoms. The lowest BCUT2D eigenvalue weighted by Crippen LogP contribution is -2.56. The van der Waals surface area contributed by atoms with Gasteiger partial charge >= 0.3 is 0 Å². The highest BCUT2D eigenvalue weighted by atomic mass is 19.1. The normalized spacial score (nSPS) is 24.9. The van der Waals surface area contributed by atoms with E-state index in [1.54, 1.807) is 6.07 Å². The molecule has 0 amide bonds. The summed E-state index contributed by atoms with van der Waals surface area (Å²) in [5, 5.41) is 9.39. The summed E-state index contributed by atoms with van der Waals surface area (Å²) in [4.78, 5) is 4.95. The molecule has 3 rings (SSSR count). The number of hydrogen-bond acceptors (Lipinski definition) is 3. The molecule has 2 aliphatic rings. The van der Waals surface area contributed by atoms with Crippen LogP contribution in [0.2, 0.25) is 0 Å². The van der Waals surface area contributed by atoms with Crippen LogP contribution in [0.25, 0.3) is 0 Å². The highest BCUT2D eigenvalue weighted by Gasteiger charge is 2.33. The van der Waals surface area contributed by atoms with Crippen molar-refractivity contribution >= 4 is 0 Å². The maximum absolute atomic E-state index is 13.8. The predicted molar refractivity (Wildman–Crippen MR) is 86.1 cm³/mol. The summed E-state index contributed by atoms with van der Waals surface area (Å²) in [7, 11) is 0. The van der Waals surface area contributed by atoms with Crippen molar-refractivity contribution < 1.29 is 9.50 Å². The van der Waals surface area contributed by atoms with Crippen LogP contribution in [0.3, 0.4) is 0 Å². The molecule has 1 aliphatic heterocycles. The summed E-state index contributed by atoms with van der Waals surface area (Å²) < 4.78 is 13.8. The Bertz CT molecular complexity index is 476. The molecule has 1 saturated carbocycles. The van der Waals surface area contributed by atoms with Gasteiger partial charge in [-0.25, -0.2) is 4.39 Å². The molecule has 4 heteroatoms. The Kier molecular flexibility index (Phi) is 5.45. The van der Waals surface area contributed by atoms with E-state index in [1.165, 1.54) is 31.7 Å². The fraction of sp³-hybridized carbons (Fsp3) is 0.667. The number of rotatable bonds is 5. The molecule has 0 unspecified atom stereocenters. The van der Waals surface area contributed by atoms with E-state index in [-0.39, 0.29) is 12.4 Å². The zero-order chi connectivity index (χ0) is 15.4. The third-order valence-corrected chi connectivity index (χ3v) is 5.22. The Morgan fingerprint density at radius 1 is 1.14 bits per heavy atom. The fourth-order valence-corrected chi connectivity index (χ4v) is 4.07. The molecule has 0 radical (unpaired) electrons. The highest BCUT2D eigenvalue weighted by molar-refractivity contribution is 5.17. The second kappa shape index (κ2) is 7.53. The number of aliphatic hydroxyl groups excluding tert-OH is 1. The second-order valence-corrected chi connectivity index (χ2v) is 6.67. The number of halogens is 1. The monoisotopic (exact) mass is 306 g/mol. The van der Waals surface area contributed by atoms with Crippen LogP contribution in [0.5, 0.6) is 0 Å². The van der Waals surface area contributed by atoms with Gasteiger partial charge in [0.2, 0.25) is 0 Å². The standard InChI is InChI=1S/C18H27FN2O/c19-18-8-4-1-5-15(18)13-20-10-11-21(16-6-2-3-7-16)17(14-20)9-12-22/h1,4-5,8,16-17,22H,2-3,6-7,9-14H2/t17-/m0/s1. The molecule has 1 aromatic carbocycles. The molecule has 1 aromatic rings. The lowest BCUT2D eigenvalue weighted by molar-refractivity contribution is 0.0263. The third kappa shape index (κ3) is 3.67. The van der Waals surface area contributed by atoms with Crippen molar-refractivity contribution in [2.24, 2.45) is 0 Å². The van der Waals surface area contributed by atoms with E-state index >= 15 is 0 Å². The molecule has 1 atom stereocenters. The van der Waals surface area contributed by atoms with Crippen molar-refractivity contribution in [3.8, 4) is 0 Å². The number of nitrogens with zero attached hydrogens (tertiary/aromatic N) is 2. The van der Waals surface area contributed by atoms with Gasteiger partial charge in [0.1, 0.15) is 5.82 Å². The third-order valence-electron chi connectivity index (χ3n) is 5.22. The molecule has 1 heterocycles. The zero-order valence-electron chi connectivity index (χ0n) is 13.3. The van der Waals surface area contributed by atoms with E-state index < -0.39 is 0 Å². The predicted octanol–water partition coefficient (Wildman–Crippen LogP) is 2.64. The summed E-state index contributed by atoms with van der Waals surface area (Å²) in [6.07, 6.45) is 6.10. The topological polar surface area (TPSA) is 26.7 Å². The first-order valence-corrected chi connectivity index (χ1v) is 8.60. The minimum absolute atomic E-state index is 0.112. The molecule has 0 bridgehead atoms. The van der Waals surface area contributed by atoms with E-state index in [0.29, 0.717) is 18.6 Å². The van der Waals surface area contributed by atoms with Crippen LogP contribution in [0.4, 0.5) is 4.39 Å². The molecule has 0 spiro atoms. The fourth-order valence-electron chi connectivity index (χ4n) is 4.07. The van der Waals surface area contributed by atoms with E-state index in [4.69, 9.17) is 0 Å². The average Bonchev–Trinajstić information content (AvgIpc) is 3.04. The number of piperazine rings is 1. The molecular formula is C18H27FN2O. The molecular weight excluding hydrogens is 279 g/mol. The number of aliphatic hydroxyl groups is 1. The summed E-state index contributed by atoms with van der Waals surface area (Å²) in [5.74, 6) is -0.112. The van der Waals surface area contributed by atoms with Gasteiger partial charge in [0, 0.05) is 50.4 Å². The smallest absolute Gasteiger partial charge is 0.127 e. The van der Waals surface area contributed by atoms with Crippen LogP contribution < -0.4 is 0 Å². The van der Waals surface area contributed by atoms with E-state index in [1.807, 2.05) is 12.1 Å².